The van der Waals surface area contributed by atoms with Crippen LogP contribution in [0, 0.1) is 11.7 Å². The first-order chi connectivity index (χ1) is 9.56. The lowest BCUT2D eigenvalue weighted by Gasteiger charge is -2.30. The average molecular weight is 278 g/mol. The highest BCUT2D eigenvalue weighted by Crippen LogP contribution is 2.17. The molecule has 1 fully saturated rings. The van der Waals surface area contributed by atoms with E-state index in [1.807, 2.05) is 0 Å². The molecule has 0 aromatic heterocycles. The highest BCUT2D eigenvalue weighted by Gasteiger charge is 2.22. The van der Waals surface area contributed by atoms with Gasteiger partial charge in [0.1, 0.15) is 12.2 Å². The van der Waals surface area contributed by atoms with Gasteiger partial charge in [0.2, 0.25) is 11.8 Å². The summed E-state index contributed by atoms with van der Waals surface area (Å²) in [6, 6.07) is 5.92. The van der Waals surface area contributed by atoms with E-state index in [4.69, 9.17) is 0 Å². The second-order valence-electron chi connectivity index (χ2n) is 5.27. The van der Waals surface area contributed by atoms with Crippen LogP contribution < -0.4 is 5.32 Å². The zero-order chi connectivity index (χ0) is 14.5. The molecule has 0 atom stereocenters. The molecule has 2 amide bonds. The Morgan fingerprint density at radius 2 is 1.95 bits per heavy atom. The first-order valence-corrected chi connectivity index (χ1v) is 6.88. The second kappa shape index (κ2) is 6.50. The van der Waals surface area contributed by atoms with Crippen molar-refractivity contribution in [3.8, 4) is 0 Å². The van der Waals surface area contributed by atoms with Crippen LogP contribution in [-0.2, 0) is 9.59 Å². The van der Waals surface area contributed by atoms with Gasteiger partial charge in [-0.1, -0.05) is 19.1 Å². The fourth-order valence-corrected chi connectivity index (χ4v) is 2.26. The van der Waals surface area contributed by atoms with Crippen LogP contribution in [0.3, 0.4) is 0 Å². The van der Waals surface area contributed by atoms with Crippen LogP contribution in [0.2, 0.25) is 0 Å². The van der Waals surface area contributed by atoms with Gasteiger partial charge in [-0.05, 0) is 30.9 Å². The van der Waals surface area contributed by atoms with Crippen molar-refractivity contribution < 1.29 is 14.0 Å². The Kier molecular flexibility index (Phi) is 4.71. The highest BCUT2D eigenvalue weighted by atomic mass is 19.1. The van der Waals surface area contributed by atoms with Crippen molar-refractivity contribution in [1.29, 1.82) is 0 Å². The summed E-state index contributed by atoms with van der Waals surface area (Å²) < 4.78 is 13.4. The number of nitrogens with one attached hydrogen (secondary N) is 1. The van der Waals surface area contributed by atoms with Gasteiger partial charge in [-0.3, -0.25) is 9.59 Å². The van der Waals surface area contributed by atoms with Gasteiger partial charge in [0, 0.05) is 13.1 Å². The van der Waals surface area contributed by atoms with Crippen LogP contribution in [0.5, 0.6) is 0 Å². The van der Waals surface area contributed by atoms with Crippen LogP contribution in [0.4, 0.5) is 10.1 Å². The fraction of sp³-hybridized carbons (Fsp3) is 0.467. The minimum Gasteiger partial charge on any atom is -0.342 e. The first-order valence-electron chi connectivity index (χ1n) is 6.88. The lowest BCUT2D eigenvalue weighted by molar-refractivity contribution is -0.135. The van der Waals surface area contributed by atoms with Gasteiger partial charge in [-0.2, -0.15) is 0 Å². The molecule has 4 nitrogen and oxygen atoms in total. The Bertz CT molecular complexity index is 496. The van der Waals surface area contributed by atoms with E-state index in [9.17, 15) is 14.0 Å². The molecular weight excluding hydrogens is 259 g/mol. The molecule has 1 aliphatic heterocycles. The smallest absolute Gasteiger partial charge is 0.233 e. The molecule has 1 saturated heterocycles. The maximum absolute atomic E-state index is 13.4. The van der Waals surface area contributed by atoms with E-state index in [1.54, 1.807) is 17.0 Å². The number of piperidine rings is 1. The molecule has 0 aliphatic carbocycles. The summed E-state index contributed by atoms with van der Waals surface area (Å²) >= 11 is 0. The molecule has 108 valence electrons. The molecule has 2 rings (SSSR count). The Labute approximate surface area is 118 Å². The van der Waals surface area contributed by atoms with Crippen LogP contribution in [-0.4, -0.2) is 29.8 Å². The van der Waals surface area contributed by atoms with Gasteiger partial charge in [0.05, 0.1) is 5.69 Å². The van der Waals surface area contributed by atoms with Crippen molar-refractivity contribution in [3.63, 3.8) is 0 Å². The molecule has 1 N–H and O–H groups in total. The van der Waals surface area contributed by atoms with Crippen LogP contribution in [0.1, 0.15) is 26.2 Å². The summed E-state index contributed by atoms with van der Waals surface area (Å²) in [5.74, 6) is -0.532. The van der Waals surface area contributed by atoms with Gasteiger partial charge in [-0.15, -0.1) is 0 Å². The fourth-order valence-electron chi connectivity index (χ4n) is 2.26. The standard InChI is InChI=1S/C15H19FN2O2/c1-11-6-8-18(9-7-11)15(20)10-14(19)17-13-5-3-2-4-12(13)16/h2-5,11H,6-10H2,1H3,(H,17,19). The van der Waals surface area contributed by atoms with E-state index in [1.165, 1.54) is 12.1 Å². The van der Waals surface area contributed by atoms with Crippen molar-refractivity contribution in [1.82, 2.24) is 4.90 Å². The Balaban J connectivity index is 1.85. The molecule has 1 aromatic rings. The number of halogens is 1. The summed E-state index contributed by atoms with van der Waals surface area (Å²) in [4.78, 5) is 25.4. The zero-order valence-electron chi connectivity index (χ0n) is 11.6. The molecule has 20 heavy (non-hydrogen) atoms. The van der Waals surface area contributed by atoms with Crippen LogP contribution >= 0.6 is 0 Å². The van der Waals surface area contributed by atoms with Gasteiger partial charge in [-0.25, -0.2) is 4.39 Å². The first kappa shape index (κ1) is 14.5. The van der Waals surface area contributed by atoms with Crippen molar-refractivity contribution in [3.05, 3.63) is 30.1 Å². The van der Waals surface area contributed by atoms with E-state index in [0.717, 1.165) is 12.8 Å². The third-order valence-corrected chi connectivity index (χ3v) is 3.60. The summed E-state index contributed by atoms with van der Waals surface area (Å²) in [6.07, 6.45) is 1.71. The number of benzene rings is 1. The summed E-state index contributed by atoms with van der Waals surface area (Å²) in [5.41, 5.74) is 0.109. The lowest BCUT2D eigenvalue weighted by atomic mass is 9.99. The number of para-hydroxylation sites is 1. The molecule has 0 bridgehead atoms. The number of anilines is 1. The van der Waals surface area contributed by atoms with Gasteiger partial charge in [0.15, 0.2) is 0 Å². The third-order valence-electron chi connectivity index (χ3n) is 3.60. The van der Waals surface area contributed by atoms with Crippen LogP contribution in [0.25, 0.3) is 0 Å². The Hall–Kier alpha value is -1.91. The number of carbonyl (C=O) groups is 2. The van der Waals surface area contributed by atoms with Gasteiger partial charge >= 0.3 is 0 Å². The number of carbonyl (C=O) groups excluding carboxylic acids is 2. The zero-order valence-corrected chi connectivity index (χ0v) is 11.6. The number of nitrogens with zero attached hydrogens (tertiary/aromatic N) is 1. The molecule has 0 unspecified atom stereocenters. The molecule has 5 heteroatoms. The quantitative estimate of drug-likeness (QED) is 0.863. The normalized spacial score (nSPS) is 16.0. The third kappa shape index (κ3) is 3.79. The second-order valence-corrected chi connectivity index (χ2v) is 5.27. The monoisotopic (exact) mass is 278 g/mol. The number of likely N-dealkylation sites (tertiary alicyclic amines) is 1. The van der Waals surface area contributed by atoms with Gasteiger partial charge in [0.25, 0.3) is 0 Å². The number of rotatable bonds is 3. The van der Waals surface area contributed by atoms with Crippen LogP contribution in [0.15, 0.2) is 24.3 Å². The highest BCUT2D eigenvalue weighted by molar-refractivity contribution is 6.03. The molecule has 1 aromatic carbocycles. The molecule has 1 aliphatic rings. The number of hydrogen-bond acceptors (Lipinski definition) is 2. The summed E-state index contributed by atoms with van der Waals surface area (Å²) in [5, 5.41) is 2.43. The minimum atomic E-state index is -0.500. The SMILES string of the molecule is CC1CCN(C(=O)CC(=O)Nc2ccccc2F)CC1. The Morgan fingerprint density at radius 3 is 2.60 bits per heavy atom. The van der Waals surface area contributed by atoms with E-state index < -0.39 is 11.7 Å². The van der Waals surface area contributed by atoms with E-state index >= 15 is 0 Å². The summed E-state index contributed by atoms with van der Waals surface area (Å²) in [7, 11) is 0. The molecule has 0 radical (unpaired) electrons. The number of amides is 2. The largest absolute Gasteiger partial charge is 0.342 e. The minimum absolute atomic E-state index is 0.109. The maximum Gasteiger partial charge on any atom is 0.233 e. The molecule has 1 heterocycles. The average Bonchev–Trinajstić information content (AvgIpc) is 2.42. The molecular formula is C15H19FN2O2. The van der Waals surface area contributed by atoms with Crippen molar-refractivity contribution in [2.75, 3.05) is 18.4 Å². The molecule has 0 saturated carbocycles. The maximum atomic E-state index is 13.4. The number of hydrogen-bond donors (Lipinski definition) is 1. The van der Waals surface area contributed by atoms with E-state index in [0.29, 0.717) is 19.0 Å². The summed E-state index contributed by atoms with van der Waals surface area (Å²) in [6.45, 7) is 3.56. The van der Waals surface area contributed by atoms with Crippen molar-refractivity contribution in [2.24, 2.45) is 5.92 Å². The van der Waals surface area contributed by atoms with E-state index in [-0.39, 0.29) is 18.0 Å². The van der Waals surface area contributed by atoms with Crippen molar-refractivity contribution in [2.45, 2.75) is 26.2 Å². The Morgan fingerprint density at radius 1 is 1.30 bits per heavy atom. The van der Waals surface area contributed by atoms with E-state index in [2.05, 4.69) is 12.2 Å². The van der Waals surface area contributed by atoms with Crippen molar-refractivity contribution >= 4 is 17.5 Å². The topological polar surface area (TPSA) is 49.4 Å². The predicted molar refractivity (Wildman–Crippen MR) is 74.6 cm³/mol. The van der Waals surface area contributed by atoms with Gasteiger partial charge < -0.3 is 10.2 Å². The molecule has 0 spiro atoms. The lowest BCUT2D eigenvalue weighted by Crippen LogP contribution is -2.39. The predicted octanol–water partition coefficient (Wildman–Crippen LogP) is 2.41.